The summed E-state index contributed by atoms with van der Waals surface area (Å²) in [6, 6.07) is 17.7. The molecule has 0 amide bonds. The maximum atomic E-state index is 12.0. The Bertz CT molecular complexity index is 1390. The Morgan fingerprint density at radius 3 is 1.10 bits per heavy atom. The minimum absolute atomic E-state index is 0. The molecule has 2 aromatic rings. The third kappa shape index (κ3) is 23.7. The number of allylic oxidation sites excluding steroid dienone is 2. The SMILES string of the molecule is CCCCCCCCCCCCCCCCCCCCCCCCCCCCCC1=C(c2cccc(CCCC)c2)[N+](=[N-])C(c2cccc(C)c2)=C1CCCC.[CH3-].[CH3-].[Ni+2]. The van der Waals surface area contributed by atoms with Crippen LogP contribution in [0, 0.1) is 21.8 Å². The maximum Gasteiger partial charge on any atom is 2.00 e. The Labute approximate surface area is 379 Å². The van der Waals surface area contributed by atoms with Crippen molar-refractivity contribution in [1.82, 2.24) is 0 Å². The van der Waals surface area contributed by atoms with E-state index in [1.165, 1.54) is 208 Å². The summed E-state index contributed by atoms with van der Waals surface area (Å²) < 4.78 is 1.56. The Kier molecular flexibility index (Phi) is 36.5. The van der Waals surface area contributed by atoms with Crippen molar-refractivity contribution in [2.75, 3.05) is 0 Å². The minimum atomic E-state index is 0. The molecule has 2 nitrogen and oxygen atoms in total. The van der Waals surface area contributed by atoms with Crippen molar-refractivity contribution in [2.24, 2.45) is 0 Å². The van der Waals surface area contributed by atoms with Crippen LogP contribution in [0.5, 0.6) is 0 Å². The van der Waals surface area contributed by atoms with Crippen LogP contribution in [0.4, 0.5) is 0 Å². The average Bonchev–Trinajstić information content (AvgIpc) is 3.49. The van der Waals surface area contributed by atoms with Gasteiger partial charge in [-0.1, -0.05) is 230 Å². The quantitative estimate of drug-likeness (QED) is 0.0282. The van der Waals surface area contributed by atoms with E-state index in [4.69, 9.17) is 0 Å². The molecule has 59 heavy (non-hydrogen) atoms. The second-order valence-electron chi connectivity index (χ2n) is 17.7. The third-order valence-corrected chi connectivity index (χ3v) is 12.5. The molecular formula is C56H94N2Ni. The van der Waals surface area contributed by atoms with Crippen molar-refractivity contribution in [3.05, 3.63) is 102 Å². The molecule has 0 aliphatic carbocycles. The van der Waals surface area contributed by atoms with Gasteiger partial charge in [0.15, 0.2) is 0 Å². The Balaban J connectivity index is 0.0000112. The minimum Gasteiger partial charge on any atom is -0.493 e. The van der Waals surface area contributed by atoms with E-state index in [0.717, 1.165) is 54.6 Å². The van der Waals surface area contributed by atoms with Crippen molar-refractivity contribution in [3.63, 3.8) is 0 Å². The van der Waals surface area contributed by atoms with E-state index in [1.807, 2.05) is 0 Å². The molecule has 0 fully saturated rings. The molecule has 0 spiro atoms. The molecule has 0 atom stereocenters. The zero-order valence-corrected chi connectivity index (χ0v) is 40.9. The van der Waals surface area contributed by atoms with Crippen molar-refractivity contribution >= 4 is 11.4 Å². The Morgan fingerprint density at radius 1 is 0.390 bits per heavy atom. The smallest absolute Gasteiger partial charge is 0.493 e. The van der Waals surface area contributed by atoms with Crippen LogP contribution in [0.25, 0.3) is 16.9 Å². The molecule has 0 unspecified atom stereocenters. The van der Waals surface area contributed by atoms with E-state index < -0.39 is 0 Å². The van der Waals surface area contributed by atoms with E-state index in [2.05, 4.69) is 76.2 Å². The van der Waals surface area contributed by atoms with Crippen LogP contribution in [0.3, 0.4) is 0 Å². The molecule has 0 aromatic heterocycles. The first-order valence-electron chi connectivity index (χ1n) is 24.7. The molecule has 1 aliphatic rings. The van der Waals surface area contributed by atoms with E-state index in [9.17, 15) is 5.53 Å². The fourth-order valence-corrected chi connectivity index (χ4v) is 8.98. The molecule has 3 rings (SSSR count). The monoisotopic (exact) mass is 853 g/mol. The van der Waals surface area contributed by atoms with Crippen molar-refractivity contribution in [1.29, 1.82) is 0 Å². The molecule has 0 saturated carbocycles. The first-order chi connectivity index (χ1) is 27.6. The van der Waals surface area contributed by atoms with Crippen LogP contribution >= 0.6 is 0 Å². The predicted octanol–water partition coefficient (Wildman–Crippen LogP) is 19.5. The summed E-state index contributed by atoms with van der Waals surface area (Å²) in [5.41, 5.74) is 21.7. The van der Waals surface area contributed by atoms with Gasteiger partial charge in [0.2, 0.25) is 11.4 Å². The normalized spacial score (nSPS) is 12.5. The first kappa shape index (κ1) is 57.0. The molecule has 0 N–H and O–H groups in total. The van der Waals surface area contributed by atoms with Gasteiger partial charge in [0.25, 0.3) is 0 Å². The van der Waals surface area contributed by atoms with E-state index in [-0.39, 0.29) is 31.3 Å². The van der Waals surface area contributed by atoms with Gasteiger partial charge < -0.3 is 20.4 Å². The number of hydrogen-bond acceptors (Lipinski definition) is 0. The van der Waals surface area contributed by atoms with E-state index in [1.54, 1.807) is 4.70 Å². The van der Waals surface area contributed by atoms with Gasteiger partial charge in [-0.15, -0.1) is 0 Å². The van der Waals surface area contributed by atoms with Crippen LogP contribution in [0.2, 0.25) is 0 Å². The predicted molar refractivity (Wildman–Crippen MR) is 261 cm³/mol. The zero-order chi connectivity index (χ0) is 39.9. The third-order valence-electron chi connectivity index (χ3n) is 12.5. The second kappa shape index (κ2) is 37.7. The largest absolute Gasteiger partial charge is 2.00 e. The number of nitrogens with zero attached hydrogens (tertiary/aromatic N) is 2. The van der Waals surface area contributed by atoms with Crippen molar-refractivity contribution in [2.45, 2.75) is 246 Å². The molecule has 3 heteroatoms. The number of aryl methyl sites for hydroxylation is 2. The zero-order valence-electron chi connectivity index (χ0n) is 39.9. The molecule has 0 saturated heterocycles. The van der Waals surface area contributed by atoms with Crippen LogP contribution in [0.15, 0.2) is 59.7 Å². The van der Waals surface area contributed by atoms with Gasteiger partial charge in [0.05, 0.1) is 0 Å². The first-order valence-corrected chi connectivity index (χ1v) is 24.7. The van der Waals surface area contributed by atoms with Crippen molar-refractivity contribution in [3.8, 4) is 0 Å². The van der Waals surface area contributed by atoms with E-state index >= 15 is 0 Å². The summed E-state index contributed by atoms with van der Waals surface area (Å²) >= 11 is 0. The summed E-state index contributed by atoms with van der Waals surface area (Å²) in [5.74, 6) is 0. The maximum absolute atomic E-state index is 12.0. The molecule has 2 aromatic carbocycles. The molecular weight excluding hydrogens is 759 g/mol. The van der Waals surface area contributed by atoms with Gasteiger partial charge in [0, 0.05) is 22.3 Å². The van der Waals surface area contributed by atoms with Gasteiger partial charge in [-0.2, -0.15) is 0 Å². The van der Waals surface area contributed by atoms with Gasteiger partial charge in [-0.05, 0) is 75.3 Å². The van der Waals surface area contributed by atoms with Gasteiger partial charge in [-0.3, -0.25) is 0 Å². The summed E-state index contributed by atoms with van der Waals surface area (Å²) in [5, 5.41) is 0. The molecule has 338 valence electrons. The molecule has 1 heterocycles. The number of unbranched alkanes of at least 4 members (excludes halogenated alkanes) is 28. The number of rotatable bonds is 36. The summed E-state index contributed by atoms with van der Waals surface area (Å²) in [4.78, 5) is 0. The summed E-state index contributed by atoms with van der Waals surface area (Å²) in [7, 11) is 0. The summed E-state index contributed by atoms with van der Waals surface area (Å²) in [6.45, 7) is 9.00. The number of benzene rings is 2. The standard InChI is InChI=1S/C54H88N2.2CH3.Ni/c1-5-8-11-12-13-14-15-16-17-18-19-20-21-22-23-24-25-26-27-28-29-30-31-32-33-34-35-44-52-51(43-10-7-3)53(49-41-36-38-47(4)45-49)56(55)54(52)50-42-37-40-48(46-50)39-9-6-2;;;/h36-38,40-42,45-46H,5-35,39,43-44H2,1-4H3;2*1H3;/q;2*-1;+2. The second-order valence-corrected chi connectivity index (χ2v) is 17.7. The summed E-state index contributed by atoms with van der Waals surface area (Å²) in [6.07, 6.45) is 46.4. The van der Waals surface area contributed by atoms with E-state index in [0.29, 0.717) is 0 Å². The molecule has 1 aliphatic heterocycles. The molecule has 0 radical (unpaired) electrons. The van der Waals surface area contributed by atoms with Crippen LogP contribution < -0.4 is 0 Å². The van der Waals surface area contributed by atoms with Crippen LogP contribution in [0.1, 0.15) is 255 Å². The van der Waals surface area contributed by atoms with Gasteiger partial charge in [-0.25, -0.2) is 4.70 Å². The van der Waals surface area contributed by atoms with Crippen molar-refractivity contribution < 1.29 is 21.2 Å². The fraction of sp³-hybridized carbons (Fsp3) is 0.679. The number of hydrogen-bond donors (Lipinski definition) is 0. The Hall–Kier alpha value is -1.99. The fourth-order valence-electron chi connectivity index (χ4n) is 8.98. The topological polar surface area (TPSA) is 25.3 Å². The van der Waals surface area contributed by atoms with Gasteiger partial charge in [0.1, 0.15) is 0 Å². The average molecular weight is 854 g/mol. The molecule has 0 bridgehead atoms. The van der Waals surface area contributed by atoms with Gasteiger partial charge >= 0.3 is 16.5 Å². The van der Waals surface area contributed by atoms with Crippen LogP contribution in [-0.2, 0) is 22.9 Å². The van der Waals surface area contributed by atoms with Crippen LogP contribution in [-0.4, -0.2) is 4.70 Å². The Morgan fingerprint density at radius 2 is 0.712 bits per heavy atom.